The Balaban J connectivity index is 1.27. The van der Waals surface area contributed by atoms with E-state index in [0.717, 1.165) is 31.8 Å². The van der Waals surface area contributed by atoms with Crippen LogP contribution in [0.4, 0.5) is 0 Å². The molecule has 0 aliphatic heterocycles. The van der Waals surface area contributed by atoms with Crippen LogP contribution in [0.3, 0.4) is 0 Å². The highest BCUT2D eigenvalue weighted by atomic mass is 31.2. The molecule has 4 rings (SSSR count). The molecule has 4 nitrogen and oxygen atoms in total. The largest absolute Gasteiger partial charge is 0.392 e. The smallest absolute Gasteiger partial charge is 0.188 e. The van der Waals surface area contributed by atoms with Crippen molar-refractivity contribution in [3.63, 3.8) is 0 Å². The average Bonchev–Trinajstić information content (AvgIpc) is 3.04. The van der Waals surface area contributed by atoms with Gasteiger partial charge in [-0.2, -0.15) is 0 Å². The third kappa shape index (κ3) is 7.24. The van der Waals surface area contributed by atoms with E-state index in [-0.39, 0.29) is 22.7 Å². The number of hydrogen-bond donors (Lipinski definition) is 2. The monoisotopic (exact) mass is 583 g/mol. The van der Waals surface area contributed by atoms with E-state index in [9.17, 15) is 19.8 Å². The van der Waals surface area contributed by atoms with Crippen LogP contribution in [0.2, 0.25) is 0 Å². The molecule has 0 saturated heterocycles. The summed E-state index contributed by atoms with van der Waals surface area (Å²) in [6, 6.07) is 33.2. The molecule has 0 heterocycles. The lowest BCUT2D eigenvalue weighted by Crippen LogP contribution is -2.33. The normalized spacial score (nSPS) is 14.2. The molecule has 1 aliphatic carbocycles. The molecular weight excluding hydrogens is 539 g/mol. The van der Waals surface area contributed by atoms with Crippen molar-refractivity contribution in [3.05, 3.63) is 113 Å². The highest BCUT2D eigenvalue weighted by Gasteiger charge is 2.44. The Morgan fingerprint density at radius 1 is 0.500 bits per heavy atom. The first-order chi connectivity index (χ1) is 20.5. The van der Waals surface area contributed by atoms with Crippen LogP contribution in [-0.2, 0) is 9.59 Å². The van der Waals surface area contributed by atoms with Crippen molar-refractivity contribution in [2.45, 2.75) is 64.7 Å². The van der Waals surface area contributed by atoms with Crippen molar-refractivity contribution >= 4 is 34.7 Å². The van der Waals surface area contributed by atoms with Crippen LogP contribution in [0.25, 0.3) is 0 Å². The van der Waals surface area contributed by atoms with Crippen LogP contribution in [0.1, 0.15) is 64.7 Å². The molecule has 3 aromatic carbocycles. The third-order valence-corrected chi connectivity index (χ3v) is 13.1. The maximum Gasteiger partial charge on any atom is 0.188 e. The number of aliphatic hydroxyl groups is 2. The standard InChI is InChI=1S/C37H44O4P/c1-29-33(37(41)35(28-39)34(27-38)36(29)40)25-17-6-4-2-3-5-7-18-26-42(30-19-11-8-12-20-30,31-21-13-9-14-22-31)32-23-15-10-16-24-32/h8-16,19-24,38-39H,2-7,17-18,25-28H2,1H3/q+1. The molecule has 3 aromatic rings. The maximum atomic E-state index is 12.8. The van der Waals surface area contributed by atoms with E-state index in [1.807, 2.05) is 0 Å². The fraction of sp³-hybridized carbons (Fsp3) is 0.351. The van der Waals surface area contributed by atoms with Gasteiger partial charge in [-0.25, -0.2) is 0 Å². The lowest BCUT2D eigenvalue weighted by Gasteiger charge is -2.27. The summed E-state index contributed by atoms with van der Waals surface area (Å²) in [4.78, 5) is 25.3. The molecule has 1 aliphatic rings. The van der Waals surface area contributed by atoms with E-state index in [2.05, 4.69) is 91.0 Å². The van der Waals surface area contributed by atoms with Crippen LogP contribution in [0.15, 0.2) is 113 Å². The van der Waals surface area contributed by atoms with Gasteiger partial charge in [0.2, 0.25) is 0 Å². The van der Waals surface area contributed by atoms with Crippen molar-refractivity contribution in [1.82, 2.24) is 0 Å². The Hall–Kier alpha value is -3.17. The lowest BCUT2D eigenvalue weighted by atomic mass is 9.83. The van der Waals surface area contributed by atoms with Gasteiger partial charge in [0, 0.05) is 22.3 Å². The van der Waals surface area contributed by atoms with Gasteiger partial charge in [-0.1, -0.05) is 86.7 Å². The summed E-state index contributed by atoms with van der Waals surface area (Å²) < 4.78 is 0. The Kier molecular flexibility index (Phi) is 12.0. The predicted molar refractivity (Wildman–Crippen MR) is 175 cm³/mol. The van der Waals surface area contributed by atoms with Gasteiger partial charge in [-0.15, -0.1) is 0 Å². The molecule has 0 radical (unpaired) electrons. The second-order valence-electron chi connectivity index (χ2n) is 11.2. The zero-order valence-electron chi connectivity index (χ0n) is 24.8. The molecule has 5 heteroatoms. The van der Waals surface area contributed by atoms with Crippen LogP contribution in [-0.4, -0.2) is 41.2 Å². The Bertz CT molecular complexity index is 1280. The zero-order chi connectivity index (χ0) is 29.8. The Labute approximate surface area is 251 Å². The predicted octanol–water partition coefficient (Wildman–Crippen LogP) is 6.24. The SMILES string of the molecule is CC1=C(CCCCCCCCCC[P+](c2ccccc2)(c2ccccc2)c2ccccc2)C(=O)C(CO)=C(CO)C1=O. The van der Waals surface area contributed by atoms with E-state index in [4.69, 9.17) is 0 Å². The Morgan fingerprint density at radius 3 is 1.31 bits per heavy atom. The molecular formula is C37H44O4P+. The van der Waals surface area contributed by atoms with Gasteiger partial charge in [0.1, 0.15) is 23.2 Å². The molecule has 0 bridgehead atoms. The van der Waals surface area contributed by atoms with Crippen molar-refractivity contribution in [1.29, 1.82) is 0 Å². The molecule has 220 valence electrons. The number of unbranched alkanes of at least 4 members (excludes halogenated alkanes) is 7. The fourth-order valence-electron chi connectivity index (χ4n) is 6.22. The number of allylic oxidation sites excluding steroid dienone is 2. The van der Waals surface area contributed by atoms with Gasteiger partial charge < -0.3 is 10.2 Å². The number of hydrogen-bond acceptors (Lipinski definition) is 4. The summed E-state index contributed by atoms with van der Waals surface area (Å²) >= 11 is 0. The molecule has 2 N–H and O–H groups in total. The molecule has 0 saturated carbocycles. The summed E-state index contributed by atoms with van der Waals surface area (Å²) in [5, 5.41) is 23.4. The molecule has 0 atom stereocenters. The third-order valence-electron chi connectivity index (χ3n) is 8.56. The van der Waals surface area contributed by atoms with Crippen LogP contribution >= 0.6 is 7.26 Å². The number of carbonyl (C=O) groups excluding carboxylic acids is 2. The quantitative estimate of drug-likeness (QED) is 0.119. The zero-order valence-corrected chi connectivity index (χ0v) is 25.7. The van der Waals surface area contributed by atoms with Crippen molar-refractivity contribution in [2.75, 3.05) is 19.4 Å². The van der Waals surface area contributed by atoms with E-state index in [1.165, 1.54) is 41.6 Å². The highest BCUT2D eigenvalue weighted by Crippen LogP contribution is 2.56. The van der Waals surface area contributed by atoms with Crippen molar-refractivity contribution < 1.29 is 19.8 Å². The topological polar surface area (TPSA) is 74.6 Å². The van der Waals surface area contributed by atoms with E-state index < -0.39 is 20.5 Å². The van der Waals surface area contributed by atoms with Gasteiger partial charge in [0.25, 0.3) is 0 Å². The highest BCUT2D eigenvalue weighted by molar-refractivity contribution is 7.95. The summed E-state index contributed by atoms with van der Waals surface area (Å²) in [7, 11) is -1.75. The summed E-state index contributed by atoms with van der Waals surface area (Å²) in [6.45, 7) is 0.630. The summed E-state index contributed by atoms with van der Waals surface area (Å²) in [6.07, 6.45) is 10.6. The molecule has 0 unspecified atom stereocenters. The van der Waals surface area contributed by atoms with E-state index in [0.29, 0.717) is 17.6 Å². The lowest BCUT2D eigenvalue weighted by molar-refractivity contribution is -0.117. The van der Waals surface area contributed by atoms with Gasteiger partial charge in [-0.05, 0) is 69.0 Å². The minimum atomic E-state index is -1.75. The maximum absolute atomic E-state index is 12.8. The van der Waals surface area contributed by atoms with E-state index >= 15 is 0 Å². The minimum absolute atomic E-state index is 0.0411. The number of benzene rings is 3. The molecule has 0 amide bonds. The first-order valence-electron chi connectivity index (χ1n) is 15.3. The fourth-order valence-corrected chi connectivity index (χ4v) is 10.6. The van der Waals surface area contributed by atoms with Gasteiger partial charge in [0.05, 0.1) is 19.4 Å². The first kappa shape index (κ1) is 31.8. The second kappa shape index (κ2) is 15.9. The number of ketones is 2. The number of Topliss-reactive ketones (excluding diaryl/α,β-unsaturated/α-hetero) is 2. The van der Waals surface area contributed by atoms with Crippen LogP contribution in [0.5, 0.6) is 0 Å². The van der Waals surface area contributed by atoms with Gasteiger partial charge in [-0.3, -0.25) is 9.59 Å². The summed E-state index contributed by atoms with van der Waals surface area (Å²) in [5.74, 6) is -0.589. The Morgan fingerprint density at radius 2 is 0.881 bits per heavy atom. The number of aliphatic hydroxyl groups excluding tert-OH is 2. The average molecular weight is 584 g/mol. The number of carbonyl (C=O) groups is 2. The second-order valence-corrected chi connectivity index (χ2v) is 14.8. The number of rotatable bonds is 16. The van der Waals surface area contributed by atoms with E-state index in [1.54, 1.807) is 6.92 Å². The minimum Gasteiger partial charge on any atom is -0.392 e. The molecule has 0 spiro atoms. The molecule has 0 aromatic heterocycles. The van der Waals surface area contributed by atoms with Gasteiger partial charge >= 0.3 is 0 Å². The molecule has 0 fully saturated rings. The molecule has 42 heavy (non-hydrogen) atoms. The summed E-state index contributed by atoms with van der Waals surface area (Å²) in [5.41, 5.74) is 1.02. The van der Waals surface area contributed by atoms with Crippen molar-refractivity contribution in [3.8, 4) is 0 Å². The first-order valence-corrected chi connectivity index (χ1v) is 17.3. The van der Waals surface area contributed by atoms with Crippen molar-refractivity contribution in [2.24, 2.45) is 0 Å². The van der Waals surface area contributed by atoms with Crippen LogP contribution in [0, 0.1) is 0 Å². The van der Waals surface area contributed by atoms with Crippen LogP contribution < -0.4 is 15.9 Å². The van der Waals surface area contributed by atoms with Gasteiger partial charge in [0.15, 0.2) is 11.6 Å².